The van der Waals surface area contributed by atoms with E-state index in [-0.39, 0.29) is 0 Å². The topological polar surface area (TPSA) is 58.9 Å². The van der Waals surface area contributed by atoms with Crippen molar-refractivity contribution in [1.82, 2.24) is 30.2 Å². The van der Waals surface area contributed by atoms with Crippen LogP contribution in [0.2, 0.25) is 0 Å². The zero-order chi connectivity index (χ0) is 13.8. The third kappa shape index (κ3) is 3.62. The first-order valence-electron chi connectivity index (χ1n) is 6.97. The number of piperidine rings is 1. The molecule has 1 fully saturated rings. The summed E-state index contributed by atoms with van der Waals surface area (Å²) in [7, 11) is 2.18. The molecule has 0 aromatic carbocycles. The Bertz CT molecular complexity index is 515. The molecule has 0 radical (unpaired) electrons. The van der Waals surface area contributed by atoms with Gasteiger partial charge in [-0.1, -0.05) is 5.21 Å². The summed E-state index contributed by atoms with van der Waals surface area (Å²) < 4.78 is 1.85. The minimum absolute atomic E-state index is 0.606. The van der Waals surface area contributed by atoms with Gasteiger partial charge in [-0.05, 0) is 33.0 Å². The Morgan fingerprint density at radius 1 is 1.35 bits per heavy atom. The van der Waals surface area contributed by atoms with Gasteiger partial charge in [0, 0.05) is 18.0 Å². The minimum atomic E-state index is 0.606. The highest BCUT2D eigenvalue weighted by atomic mass is 32.1. The van der Waals surface area contributed by atoms with Gasteiger partial charge < -0.3 is 10.2 Å². The van der Waals surface area contributed by atoms with E-state index >= 15 is 0 Å². The van der Waals surface area contributed by atoms with Crippen molar-refractivity contribution < 1.29 is 0 Å². The molecule has 1 aliphatic rings. The third-order valence-electron chi connectivity index (χ3n) is 3.68. The van der Waals surface area contributed by atoms with Gasteiger partial charge in [0.25, 0.3) is 0 Å². The lowest BCUT2D eigenvalue weighted by molar-refractivity contribution is 0.233. The van der Waals surface area contributed by atoms with Gasteiger partial charge in [-0.3, -0.25) is 0 Å². The molecule has 20 heavy (non-hydrogen) atoms. The molecule has 0 unspecified atom stereocenters. The predicted octanol–water partition coefficient (Wildman–Crippen LogP) is 0.967. The number of thiazole rings is 1. The third-order valence-corrected chi connectivity index (χ3v) is 4.32. The smallest absolute Gasteiger partial charge is 0.0965 e. The molecular formula is C13H20N6S. The van der Waals surface area contributed by atoms with Crippen molar-refractivity contribution in [2.45, 2.75) is 32.0 Å². The van der Waals surface area contributed by atoms with Crippen LogP contribution in [-0.2, 0) is 13.1 Å². The molecule has 0 spiro atoms. The number of nitrogens with one attached hydrogen (secondary N) is 1. The summed E-state index contributed by atoms with van der Waals surface area (Å²) in [6.45, 7) is 3.85. The Morgan fingerprint density at radius 2 is 2.20 bits per heavy atom. The molecule has 1 saturated heterocycles. The highest BCUT2D eigenvalue weighted by Crippen LogP contribution is 2.09. The van der Waals surface area contributed by atoms with Crippen molar-refractivity contribution in [1.29, 1.82) is 0 Å². The number of likely N-dealkylation sites (tertiary alicyclic amines) is 1. The second kappa shape index (κ2) is 6.43. The van der Waals surface area contributed by atoms with E-state index in [1.165, 1.54) is 25.9 Å². The number of rotatable bonds is 5. The van der Waals surface area contributed by atoms with Crippen molar-refractivity contribution >= 4 is 11.3 Å². The van der Waals surface area contributed by atoms with Crippen molar-refractivity contribution in [3.8, 4) is 0 Å². The maximum absolute atomic E-state index is 4.26. The summed E-state index contributed by atoms with van der Waals surface area (Å²) in [6.07, 6.45) is 4.42. The Kier molecular flexibility index (Phi) is 4.39. The van der Waals surface area contributed by atoms with Gasteiger partial charge in [0.05, 0.1) is 29.6 Å². The van der Waals surface area contributed by atoms with Crippen LogP contribution in [0.15, 0.2) is 17.1 Å². The second-order valence-corrected chi connectivity index (χ2v) is 6.06. The Morgan fingerprint density at radius 3 is 2.95 bits per heavy atom. The van der Waals surface area contributed by atoms with Crippen LogP contribution in [0.4, 0.5) is 0 Å². The van der Waals surface area contributed by atoms with Crippen LogP contribution in [0, 0.1) is 0 Å². The lowest BCUT2D eigenvalue weighted by Crippen LogP contribution is -2.40. The summed E-state index contributed by atoms with van der Waals surface area (Å²) in [5.41, 5.74) is 3.88. The van der Waals surface area contributed by atoms with E-state index in [2.05, 4.69) is 32.6 Å². The number of hydrogen-bond donors (Lipinski definition) is 1. The van der Waals surface area contributed by atoms with Gasteiger partial charge >= 0.3 is 0 Å². The summed E-state index contributed by atoms with van der Waals surface area (Å²) in [6, 6.07) is 0.606. The van der Waals surface area contributed by atoms with Gasteiger partial charge in [-0.15, -0.1) is 16.4 Å². The summed E-state index contributed by atoms with van der Waals surface area (Å²) >= 11 is 1.61. The highest BCUT2D eigenvalue weighted by molar-refractivity contribution is 7.07. The molecule has 1 N–H and O–H groups in total. The maximum Gasteiger partial charge on any atom is 0.0965 e. The van der Waals surface area contributed by atoms with E-state index < -0.39 is 0 Å². The normalized spacial score (nSPS) is 17.6. The van der Waals surface area contributed by atoms with Crippen LogP contribution in [0.1, 0.15) is 24.2 Å². The summed E-state index contributed by atoms with van der Waals surface area (Å²) in [5.74, 6) is 0. The number of nitrogens with zero attached hydrogens (tertiary/aromatic N) is 5. The van der Waals surface area contributed by atoms with Crippen LogP contribution >= 0.6 is 11.3 Å². The largest absolute Gasteiger partial charge is 0.308 e. The highest BCUT2D eigenvalue weighted by Gasteiger charge is 2.16. The Balaban J connectivity index is 1.47. The summed E-state index contributed by atoms with van der Waals surface area (Å²) in [5, 5.41) is 14.0. The van der Waals surface area contributed by atoms with Crippen LogP contribution in [0.25, 0.3) is 0 Å². The van der Waals surface area contributed by atoms with E-state index in [1.54, 1.807) is 11.3 Å². The quantitative estimate of drug-likeness (QED) is 0.890. The van der Waals surface area contributed by atoms with Crippen molar-refractivity contribution in [3.05, 3.63) is 28.5 Å². The van der Waals surface area contributed by atoms with E-state index in [0.29, 0.717) is 12.6 Å². The first-order chi connectivity index (χ1) is 9.79. The van der Waals surface area contributed by atoms with Crippen LogP contribution in [0.5, 0.6) is 0 Å². The molecule has 3 rings (SSSR count). The van der Waals surface area contributed by atoms with Gasteiger partial charge in [0.15, 0.2) is 0 Å². The Hall–Kier alpha value is -1.31. The van der Waals surface area contributed by atoms with Gasteiger partial charge in [0.2, 0.25) is 0 Å². The van der Waals surface area contributed by atoms with Gasteiger partial charge in [-0.25, -0.2) is 9.67 Å². The molecule has 0 aliphatic carbocycles. The van der Waals surface area contributed by atoms with Crippen molar-refractivity contribution in [2.75, 3.05) is 20.1 Å². The van der Waals surface area contributed by atoms with E-state index in [0.717, 1.165) is 17.9 Å². The van der Waals surface area contributed by atoms with Crippen LogP contribution in [-0.4, -0.2) is 51.1 Å². The SMILES string of the molecule is CN1CCC(NCc2cn(Cc3cscn3)nn2)CC1. The van der Waals surface area contributed by atoms with E-state index in [4.69, 9.17) is 0 Å². The van der Waals surface area contributed by atoms with Crippen molar-refractivity contribution in [2.24, 2.45) is 0 Å². The molecule has 2 aromatic rings. The second-order valence-electron chi connectivity index (χ2n) is 5.35. The molecule has 3 heterocycles. The monoisotopic (exact) mass is 292 g/mol. The molecule has 0 atom stereocenters. The molecule has 7 heteroatoms. The standard InChI is InChI=1S/C13H20N6S/c1-18-4-2-11(3-5-18)14-6-12-7-19(17-16-12)8-13-9-20-10-15-13/h7,9-11,14H,2-6,8H2,1H3. The predicted molar refractivity (Wildman–Crippen MR) is 78.6 cm³/mol. The van der Waals surface area contributed by atoms with E-state index in [9.17, 15) is 0 Å². The number of aromatic nitrogens is 4. The fourth-order valence-corrected chi connectivity index (χ4v) is 2.99. The van der Waals surface area contributed by atoms with E-state index in [1.807, 2.05) is 21.8 Å². The first kappa shape index (κ1) is 13.7. The minimum Gasteiger partial charge on any atom is -0.308 e. The molecule has 6 nitrogen and oxygen atoms in total. The average Bonchev–Trinajstić information content (AvgIpc) is 3.11. The molecule has 0 amide bonds. The lowest BCUT2D eigenvalue weighted by Gasteiger charge is -2.29. The average molecular weight is 292 g/mol. The number of hydrogen-bond acceptors (Lipinski definition) is 6. The zero-order valence-corrected chi connectivity index (χ0v) is 12.5. The fourth-order valence-electron chi connectivity index (χ4n) is 2.44. The summed E-state index contributed by atoms with van der Waals surface area (Å²) in [4.78, 5) is 6.63. The fraction of sp³-hybridized carbons (Fsp3) is 0.615. The molecule has 108 valence electrons. The van der Waals surface area contributed by atoms with Crippen LogP contribution < -0.4 is 5.32 Å². The zero-order valence-electron chi connectivity index (χ0n) is 11.7. The van der Waals surface area contributed by atoms with Crippen molar-refractivity contribution in [3.63, 3.8) is 0 Å². The molecular weight excluding hydrogens is 272 g/mol. The van der Waals surface area contributed by atoms with Crippen LogP contribution in [0.3, 0.4) is 0 Å². The molecule has 2 aromatic heterocycles. The molecule has 1 aliphatic heterocycles. The first-order valence-corrected chi connectivity index (χ1v) is 7.92. The molecule has 0 saturated carbocycles. The lowest BCUT2D eigenvalue weighted by atomic mass is 10.1. The van der Waals surface area contributed by atoms with Gasteiger partial charge in [0.1, 0.15) is 0 Å². The molecule has 0 bridgehead atoms. The Labute approximate surface area is 122 Å². The van der Waals surface area contributed by atoms with Gasteiger partial charge in [-0.2, -0.15) is 0 Å². The maximum atomic E-state index is 4.26.